The van der Waals surface area contributed by atoms with Gasteiger partial charge in [-0.3, -0.25) is 4.72 Å². The van der Waals surface area contributed by atoms with E-state index in [1.807, 2.05) is 26.8 Å². The van der Waals surface area contributed by atoms with Crippen molar-refractivity contribution in [2.75, 3.05) is 11.3 Å². The minimum Gasteiger partial charge on any atom is -0.494 e. The average molecular weight is 386 g/mol. The van der Waals surface area contributed by atoms with Gasteiger partial charge in [0.2, 0.25) is 0 Å². The first-order valence-corrected chi connectivity index (χ1v) is 10.2. The summed E-state index contributed by atoms with van der Waals surface area (Å²) in [4.78, 5) is 0.167. The molecular formula is C19H22N4O3S. The predicted octanol–water partition coefficient (Wildman–Crippen LogP) is 3.59. The number of hydrogen-bond donors (Lipinski definition) is 1. The van der Waals surface area contributed by atoms with Crippen LogP contribution in [-0.2, 0) is 10.0 Å². The number of ether oxygens (including phenoxy) is 1. The molecule has 27 heavy (non-hydrogen) atoms. The highest BCUT2D eigenvalue weighted by molar-refractivity contribution is 7.92. The Balaban J connectivity index is 1.86. The van der Waals surface area contributed by atoms with Crippen molar-refractivity contribution in [3.8, 4) is 11.4 Å². The van der Waals surface area contributed by atoms with E-state index in [0.717, 1.165) is 11.4 Å². The van der Waals surface area contributed by atoms with Gasteiger partial charge in [-0.15, -0.1) is 5.10 Å². The summed E-state index contributed by atoms with van der Waals surface area (Å²) >= 11 is 0. The molecule has 0 saturated heterocycles. The van der Waals surface area contributed by atoms with Gasteiger partial charge in [-0.1, -0.05) is 25.1 Å². The molecule has 3 rings (SSSR count). The van der Waals surface area contributed by atoms with E-state index < -0.39 is 10.0 Å². The van der Waals surface area contributed by atoms with Crippen LogP contribution in [0.2, 0.25) is 0 Å². The normalized spacial score (nSPS) is 11.6. The van der Waals surface area contributed by atoms with E-state index >= 15 is 0 Å². The van der Waals surface area contributed by atoms with Gasteiger partial charge in [0.15, 0.2) is 0 Å². The molecule has 0 spiro atoms. The summed E-state index contributed by atoms with van der Waals surface area (Å²) in [5.74, 6) is 0.870. The van der Waals surface area contributed by atoms with E-state index in [-0.39, 0.29) is 10.8 Å². The Bertz CT molecular complexity index is 1010. The molecule has 0 unspecified atom stereocenters. The van der Waals surface area contributed by atoms with Crippen molar-refractivity contribution >= 4 is 15.7 Å². The van der Waals surface area contributed by atoms with Gasteiger partial charge in [-0.05, 0) is 55.3 Å². The fourth-order valence-corrected chi connectivity index (χ4v) is 3.68. The molecule has 7 nitrogen and oxygen atoms in total. The Labute approximate surface area is 159 Å². The zero-order valence-corrected chi connectivity index (χ0v) is 16.3. The summed E-state index contributed by atoms with van der Waals surface area (Å²) in [5.41, 5.74) is 2.14. The lowest BCUT2D eigenvalue weighted by Crippen LogP contribution is -2.13. The lowest BCUT2D eigenvalue weighted by atomic mass is 10.1. The second-order valence-corrected chi connectivity index (χ2v) is 7.97. The van der Waals surface area contributed by atoms with Crippen LogP contribution in [0, 0.1) is 0 Å². The zero-order valence-electron chi connectivity index (χ0n) is 15.5. The van der Waals surface area contributed by atoms with E-state index in [4.69, 9.17) is 4.74 Å². The molecule has 1 N–H and O–H groups in total. The molecule has 0 aliphatic heterocycles. The van der Waals surface area contributed by atoms with Gasteiger partial charge in [0.1, 0.15) is 5.75 Å². The highest BCUT2D eigenvalue weighted by Gasteiger charge is 2.16. The smallest absolute Gasteiger partial charge is 0.261 e. The Morgan fingerprint density at radius 1 is 1.15 bits per heavy atom. The Kier molecular flexibility index (Phi) is 5.46. The highest BCUT2D eigenvalue weighted by Crippen LogP contribution is 2.23. The molecule has 0 atom stereocenters. The average Bonchev–Trinajstić information content (AvgIpc) is 3.12. The number of nitrogens with one attached hydrogen (secondary N) is 1. The maximum absolute atomic E-state index is 12.7. The van der Waals surface area contributed by atoms with E-state index in [1.54, 1.807) is 41.2 Å². The standard InChI is InChI=1S/C19H22N4O3S/c1-4-26-17-8-10-18(11-9-17)27(24,25)21-15-6-5-7-16(12-15)23-19(14(2)3)13-20-22-23/h5-14,21H,4H2,1-3H3. The van der Waals surface area contributed by atoms with Gasteiger partial charge in [0.25, 0.3) is 10.0 Å². The molecule has 142 valence electrons. The summed E-state index contributed by atoms with van der Waals surface area (Å²) < 4.78 is 35.0. The SMILES string of the molecule is CCOc1ccc(S(=O)(=O)Nc2cccc(-n3nncc3C(C)C)c2)cc1. The molecular weight excluding hydrogens is 364 g/mol. The van der Waals surface area contributed by atoms with E-state index in [0.29, 0.717) is 18.0 Å². The lowest BCUT2D eigenvalue weighted by Gasteiger charge is -2.12. The molecule has 0 bridgehead atoms. The van der Waals surface area contributed by atoms with Crippen molar-refractivity contribution in [2.45, 2.75) is 31.6 Å². The summed E-state index contributed by atoms with van der Waals surface area (Å²) in [6.07, 6.45) is 1.71. The lowest BCUT2D eigenvalue weighted by molar-refractivity contribution is 0.340. The summed E-state index contributed by atoms with van der Waals surface area (Å²) in [7, 11) is -3.71. The number of benzene rings is 2. The van der Waals surface area contributed by atoms with Crippen molar-refractivity contribution in [3.05, 3.63) is 60.4 Å². The number of nitrogens with zero attached hydrogens (tertiary/aromatic N) is 3. The molecule has 0 aliphatic carbocycles. The van der Waals surface area contributed by atoms with Crippen LogP contribution in [0.1, 0.15) is 32.4 Å². The van der Waals surface area contributed by atoms with Gasteiger partial charge in [-0.2, -0.15) is 0 Å². The second kappa shape index (κ2) is 7.79. The van der Waals surface area contributed by atoms with Crippen LogP contribution in [0.3, 0.4) is 0 Å². The van der Waals surface area contributed by atoms with Crippen molar-refractivity contribution in [2.24, 2.45) is 0 Å². The van der Waals surface area contributed by atoms with E-state index in [2.05, 4.69) is 15.0 Å². The first-order valence-electron chi connectivity index (χ1n) is 8.67. The minimum atomic E-state index is -3.71. The molecule has 2 aromatic carbocycles. The third-order valence-corrected chi connectivity index (χ3v) is 5.35. The summed E-state index contributed by atoms with van der Waals surface area (Å²) in [5, 5.41) is 8.06. The number of sulfonamides is 1. The Morgan fingerprint density at radius 2 is 1.89 bits per heavy atom. The molecule has 3 aromatic rings. The highest BCUT2D eigenvalue weighted by atomic mass is 32.2. The molecule has 0 radical (unpaired) electrons. The predicted molar refractivity (Wildman–Crippen MR) is 104 cm³/mol. The number of hydrogen-bond acceptors (Lipinski definition) is 5. The Hall–Kier alpha value is -2.87. The second-order valence-electron chi connectivity index (χ2n) is 6.29. The van der Waals surface area contributed by atoms with E-state index in [1.165, 1.54) is 12.1 Å². The number of aromatic nitrogens is 3. The van der Waals surface area contributed by atoms with Crippen LogP contribution in [-0.4, -0.2) is 30.0 Å². The van der Waals surface area contributed by atoms with Gasteiger partial charge >= 0.3 is 0 Å². The van der Waals surface area contributed by atoms with Crippen LogP contribution in [0.5, 0.6) is 5.75 Å². The van der Waals surface area contributed by atoms with E-state index in [9.17, 15) is 8.42 Å². The number of anilines is 1. The molecule has 1 aromatic heterocycles. The molecule has 0 fully saturated rings. The molecule has 0 saturated carbocycles. The van der Waals surface area contributed by atoms with Crippen molar-refractivity contribution in [3.63, 3.8) is 0 Å². The molecule has 1 heterocycles. The summed E-state index contributed by atoms with van der Waals surface area (Å²) in [6.45, 7) is 6.50. The molecule has 0 aliphatic rings. The maximum Gasteiger partial charge on any atom is 0.261 e. The Morgan fingerprint density at radius 3 is 2.56 bits per heavy atom. The zero-order chi connectivity index (χ0) is 19.4. The van der Waals surface area contributed by atoms with Crippen LogP contribution in [0.4, 0.5) is 5.69 Å². The first kappa shape index (κ1) is 18.9. The van der Waals surface area contributed by atoms with Crippen LogP contribution in [0.25, 0.3) is 5.69 Å². The van der Waals surface area contributed by atoms with Gasteiger partial charge < -0.3 is 4.74 Å². The third kappa shape index (κ3) is 4.28. The van der Waals surface area contributed by atoms with Crippen molar-refractivity contribution < 1.29 is 13.2 Å². The number of rotatable bonds is 7. The maximum atomic E-state index is 12.7. The monoisotopic (exact) mass is 386 g/mol. The first-order chi connectivity index (χ1) is 12.9. The fraction of sp³-hybridized carbons (Fsp3) is 0.263. The van der Waals surface area contributed by atoms with Crippen LogP contribution < -0.4 is 9.46 Å². The van der Waals surface area contributed by atoms with Crippen LogP contribution in [0.15, 0.2) is 59.6 Å². The third-order valence-electron chi connectivity index (χ3n) is 3.96. The van der Waals surface area contributed by atoms with Gasteiger partial charge in [0.05, 0.1) is 34.8 Å². The molecule has 0 amide bonds. The largest absolute Gasteiger partial charge is 0.494 e. The van der Waals surface area contributed by atoms with Gasteiger partial charge in [0, 0.05) is 0 Å². The van der Waals surface area contributed by atoms with Crippen LogP contribution >= 0.6 is 0 Å². The van der Waals surface area contributed by atoms with Gasteiger partial charge in [-0.25, -0.2) is 13.1 Å². The quantitative estimate of drug-likeness (QED) is 0.671. The summed E-state index contributed by atoms with van der Waals surface area (Å²) in [6, 6.07) is 13.4. The minimum absolute atomic E-state index is 0.167. The van der Waals surface area contributed by atoms with Crippen molar-refractivity contribution in [1.29, 1.82) is 0 Å². The molecule has 8 heteroatoms. The topological polar surface area (TPSA) is 86.1 Å². The fourth-order valence-electron chi connectivity index (χ4n) is 2.63. The van der Waals surface area contributed by atoms with Crippen molar-refractivity contribution in [1.82, 2.24) is 15.0 Å².